The first-order chi connectivity index (χ1) is 11.2. The van der Waals surface area contributed by atoms with Crippen LogP contribution in [0.2, 0.25) is 0 Å². The summed E-state index contributed by atoms with van der Waals surface area (Å²) in [5.74, 6) is 2.46. The summed E-state index contributed by atoms with van der Waals surface area (Å²) in [6, 6.07) is 6.93. The molecule has 1 aliphatic heterocycles. The Bertz CT molecular complexity index is 514. The third-order valence-electron chi connectivity index (χ3n) is 4.87. The van der Waals surface area contributed by atoms with Crippen molar-refractivity contribution < 1.29 is 9.47 Å². The number of nitrogens with one attached hydrogen (secondary N) is 1. The lowest BCUT2D eigenvalue weighted by atomic mass is 9.96. The predicted molar refractivity (Wildman–Crippen MR) is 94.7 cm³/mol. The molecule has 128 valence electrons. The molecule has 1 atom stereocenters. The monoisotopic (exact) mass is 318 g/mol. The molecule has 1 aromatic carbocycles. The zero-order valence-corrected chi connectivity index (χ0v) is 14.7. The van der Waals surface area contributed by atoms with Gasteiger partial charge in [-0.25, -0.2) is 0 Å². The fourth-order valence-electron chi connectivity index (χ4n) is 3.41. The van der Waals surface area contributed by atoms with Gasteiger partial charge in [0.1, 0.15) is 0 Å². The fraction of sp³-hybridized carbons (Fsp3) is 0.684. The topological polar surface area (TPSA) is 33.7 Å². The quantitative estimate of drug-likeness (QED) is 0.871. The zero-order valence-electron chi connectivity index (χ0n) is 14.7. The summed E-state index contributed by atoms with van der Waals surface area (Å²) in [5, 5.41) is 3.64. The Hall–Kier alpha value is -1.42. The number of nitrogens with zero attached hydrogens (tertiary/aromatic N) is 1. The van der Waals surface area contributed by atoms with Crippen LogP contribution in [0.25, 0.3) is 0 Å². The van der Waals surface area contributed by atoms with Crippen molar-refractivity contribution in [1.82, 2.24) is 5.32 Å². The molecule has 1 heterocycles. The Balaban J connectivity index is 1.72. The van der Waals surface area contributed by atoms with Gasteiger partial charge in [0.05, 0.1) is 13.2 Å². The summed E-state index contributed by atoms with van der Waals surface area (Å²) >= 11 is 0. The zero-order chi connectivity index (χ0) is 16.2. The Morgan fingerprint density at radius 1 is 1.26 bits per heavy atom. The average molecular weight is 318 g/mol. The van der Waals surface area contributed by atoms with Crippen molar-refractivity contribution in [3.63, 3.8) is 0 Å². The van der Waals surface area contributed by atoms with Gasteiger partial charge in [0, 0.05) is 37.4 Å². The van der Waals surface area contributed by atoms with Gasteiger partial charge in [-0.2, -0.15) is 0 Å². The molecule has 4 heteroatoms. The summed E-state index contributed by atoms with van der Waals surface area (Å²) in [6.07, 6.45) is 5.20. The molecular formula is C19H30N2O2. The molecular weight excluding hydrogens is 288 g/mol. The lowest BCUT2D eigenvalue weighted by Crippen LogP contribution is -2.51. The minimum absolute atomic E-state index is 0.371. The van der Waals surface area contributed by atoms with Crippen LogP contribution < -0.4 is 19.7 Å². The number of methoxy groups -OCH3 is 1. The van der Waals surface area contributed by atoms with E-state index < -0.39 is 0 Å². The molecule has 23 heavy (non-hydrogen) atoms. The van der Waals surface area contributed by atoms with Crippen LogP contribution in [0.15, 0.2) is 18.2 Å². The van der Waals surface area contributed by atoms with Crippen molar-refractivity contribution in [2.24, 2.45) is 5.92 Å². The smallest absolute Gasteiger partial charge is 0.163 e. The highest BCUT2D eigenvalue weighted by Crippen LogP contribution is 2.35. The maximum Gasteiger partial charge on any atom is 0.163 e. The van der Waals surface area contributed by atoms with Crippen LogP contribution in [0, 0.1) is 5.92 Å². The van der Waals surface area contributed by atoms with Crippen LogP contribution in [0.1, 0.15) is 39.5 Å². The van der Waals surface area contributed by atoms with E-state index in [2.05, 4.69) is 36.2 Å². The van der Waals surface area contributed by atoms with Crippen LogP contribution in [-0.4, -0.2) is 38.9 Å². The maximum absolute atomic E-state index is 6.13. The number of hydrogen-bond donors (Lipinski definition) is 1. The van der Waals surface area contributed by atoms with Gasteiger partial charge in [0.2, 0.25) is 0 Å². The fourth-order valence-corrected chi connectivity index (χ4v) is 3.41. The first-order valence-corrected chi connectivity index (χ1v) is 8.98. The summed E-state index contributed by atoms with van der Waals surface area (Å²) in [7, 11) is 1.71. The van der Waals surface area contributed by atoms with Crippen molar-refractivity contribution in [2.75, 3.05) is 31.6 Å². The molecule has 0 spiro atoms. The second kappa shape index (κ2) is 7.43. The Morgan fingerprint density at radius 2 is 2.09 bits per heavy atom. The number of ether oxygens (including phenoxy) is 2. The first-order valence-electron chi connectivity index (χ1n) is 8.98. The molecule has 4 nitrogen and oxygen atoms in total. The maximum atomic E-state index is 6.13. The molecule has 2 aliphatic rings. The third kappa shape index (κ3) is 4.11. The normalized spacial score (nSPS) is 22.1. The lowest BCUT2D eigenvalue weighted by molar-refractivity contribution is 0.116. The van der Waals surface area contributed by atoms with Gasteiger partial charge in [-0.15, -0.1) is 0 Å². The molecule has 0 amide bonds. The molecule has 0 unspecified atom stereocenters. The van der Waals surface area contributed by atoms with E-state index in [1.54, 1.807) is 7.11 Å². The molecule has 0 aromatic heterocycles. The molecule has 2 fully saturated rings. The molecule has 1 N–H and O–H groups in total. The van der Waals surface area contributed by atoms with E-state index in [4.69, 9.17) is 9.47 Å². The van der Waals surface area contributed by atoms with Crippen LogP contribution in [-0.2, 0) is 0 Å². The highest BCUT2D eigenvalue weighted by Gasteiger charge is 2.23. The Morgan fingerprint density at radius 3 is 2.74 bits per heavy atom. The third-order valence-corrected chi connectivity index (χ3v) is 4.87. The number of benzene rings is 1. The number of piperazine rings is 1. The predicted octanol–water partition coefficient (Wildman–Crippen LogP) is 3.45. The van der Waals surface area contributed by atoms with E-state index in [-0.39, 0.29) is 0 Å². The average Bonchev–Trinajstić information content (AvgIpc) is 2.50. The van der Waals surface area contributed by atoms with Crippen molar-refractivity contribution in [2.45, 2.75) is 51.7 Å². The second-order valence-corrected chi connectivity index (χ2v) is 7.23. The highest BCUT2D eigenvalue weighted by molar-refractivity contribution is 5.57. The van der Waals surface area contributed by atoms with E-state index >= 15 is 0 Å². The molecule has 1 saturated heterocycles. The lowest BCUT2D eigenvalue weighted by Gasteiger charge is -2.36. The molecule has 1 saturated carbocycles. The number of anilines is 1. The molecule has 1 aromatic rings. The van der Waals surface area contributed by atoms with Crippen LogP contribution >= 0.6 is 0 Å². The highest BCUT2D eigenvalue weighted by atomic mass is 16.5. The standard InChI is InChI=1S/C19H30N2O2/c1-14(2)11-15-13-21(10-9-20-15)16-7-8-18(22-3)19(12-16)23-17-5-4-6-17/h7-8,12,14-15,17,20H,4-6,9-11,13H2,1-3H3/t15-/m0/s1. The van der Waals surface area contributed by atoms with Gasteiger partial charge >= 0.3 is 0 Å². The van der Waals surface area contributed by atoms with Crippen molar-refractivity contribution >= 4 is 5.69 Å². The summed E-state index contributed by atoms with van der Waals surface area (Å²) in [5.41, 5.74) is 1.25. The largest absolute Gasteiger partial charge is 0.493 e. The van der Waals surface area contributed by atoms with Crippen LogP contribution in [0.3, 0.4) is 0 Å². The Kier molecular flexibility index (Phi) is 5.31. The second-order valence-electron chi connectivity index (χ2n) is 7.23. The van der Waals surface area contributed by atoms with E-state index in [0.29, 0.717) is 12.1 Å². The van der Waals surface area contributed by atoms with Gasteiger partial charge < -0.3 is 19.7 Å². The molecule has 3 rings (SSSR count). The number of hydrogen-bond acceptors (Lipinski definition) is 4. The summed E-state index contributed by atoms with van der Waals surface area (Å²) < 4.78 is 11.6. The minimum Gasteiger partial charge on any atom is -0.493 e. The summed E-state index contributed by atoms with van der Waals surface area (Å²) in [6.45, 7) is 7.73. The van der Waals surface area contributed by atoms with E-state index in [1.807, 2.05) is 6.07 Å². The van der Waals surface area contributed by atoms with Crippen LogP contribution in [0.5, 0.6) is 11.5 Å². The van der Waals surface area contributed by atoms with Gasteiger partial charge in [0.15, 0.2) is 11.5 Å². The SMILES string of the molecule is COc1ccc(N2CCN[C@@H](CC(C)C)C2)cc1OC1CCC1. The van der Waals surface area contributed by atoms with E-state index in [9.17, 15) is 0 Å². The van der Waals surface area contributed by atoms with Gasteiger partial charge in [0.25, 0.3) is 0 Å². The van der Waals surface area contributed by atoms with Gasteiger partial charge in [-0.3, -0.25) is 0 Å². The summed E-state index contributed by atoms with van der Waals surface area (Å²) in [4.78, 5) is 2.47. The molecule has 0 bridgehead atoms. The van der Waals surface area contributed by atoms with Gasteiger partial charge in [-0.05, 0) is 43.7 Å². The van der Waals surface area contributed by atoms with Gasteiger partial charge in [-0.1, -0.05) is 13.8 Å². The first kappa shape index (κ1) is 16.4. The Labute approximate surface area is 140 Å². The van der Waals surface area contributed by atoms with Crippen LogP contribution in [0.4, 0.5) is 5.69 Å². The number of rotatable bonds is 6. The molecule has 1 aliphatic carbocycles. The van der Waals surface area contributed by atoms with Crippen molar-refractivity contribution in [3.8, 4) is 11.5 Å². The minimum atomic E-state index is 0.371. The van der Waals surface area contributed by atoms with E-state index in [1.165, 1.54) is 18.5 Å². The van der Waals surface area contributed by atoms with Crippen molar-refractivity contribution in [1.29, 1.82) is 0 Å². The van der Waals surface area contributed by atoms with E-state index in [0.717, 1.165) is 49.9 Å². The molecule has 0 radical (unpaired) electrons. The van der Waals surface area contributed by atoms with Crippen molar-refractivity contribution in [3.05, 3.63) is 18.2 Å².